The summed E-state index contributed by atoms with van der Waals surface area (Å²) < 4.78 is 0. The Balaban J connectivity index is 2.16. The van der Waals surface area contributed by atoms with E-state index in [-0.39, 0.29) is 17.6 Å². The summed E-state index contributed by atoms with van der Waals surface area (Å²) in [6.45, 7) is 10.7. The Morgan fingerprint density at radius 3 is 2.06 bits per heavy atom. The number of hydrogen-bond acceptors (Lipinski definition) is 6. The van der Waals surface area contributed by atoms with Gasteiger partial charge in [-0.25, -0.2) is 4.79 Å². The lowest BCUT2D eigenvalue weighted by Gasteiger charge is -2.36. The Morgan fingerprint density at radius 1 is 0.972 bits per heavy atom. The molecule has 1 heterocycles. The number of primary amides is 1. The van der Waals surface area contributed by atoms with Gasteiger partial charge in [-0.1, -0.05) is 47.5 Å². The maximum atomic E-state index is 13.6. The highest BCUT2D eigenvalue weighted by Crippen LogP contribution is 2.34. The maximum Gasteiger partial charge on any atom is 0.316 e. The molecule has 5 amide bonds. The number of nitrogens with two attached hydrogens (primary N) is 1. The van der Waals surface area contributed by atoms with Gasteiger partial charge in [-0.3, -0.25) is 24.0 Å². The van der Waals surface area contributed by atoms with E-state index < -0.39 is 59.1 Å². The molecule has 0 aromatic rings. The van der Waals surface area contributed by atoms with E-state index in [9.17, 15) is 28.8 Å². The van der Waals surface area contributed by atoms with Crippen molar-refractivity contribution < 1.29 is 28.8 Å². The van der Waals surface area contributed by atoms with Crippen LogP contribution in [0.2, 0.25) is 0 Å². The van der Waals surface area contributed by atoms with Crippen molar-refractivity contribution in [2.75, 3.05) is 6.54 Å². The second kappa shape index (κ2) is 11.8. The fourth-order valence-electron chi connectivity index (χ4n) is 4.53. The average Bonchev–Trinajstić information content (AvgIpc) is 3.44. The molecule has 5 N–H and O–H groups in total. The molecular weight excluding hydrogens is 466 g/mol. The van der Waals surface area contributed by atoms with E-state index >= 15 is 0 Å². The number of rotatable bonds is 11. The van der Waals surface area contributed by atoms with Crippen LogP contribution in [0.15, 0.2) is 0 Å². The summed E-state index contributed by atoms with van der Waals surface area (Å²) in [5.41, 5.74) is 4.48. The molecule has 1 saturated carbocycles. The van der Waals surface area contributed by atoms with Crippen molar-refractivity contribution in [1.82, 2.24) is 20.9 Å². The monoisotopic (exact) mass is 507 g/mol. The molecule has 2 fully saturated rings. The smallest absolute Gasteiger partial charge is 0.316 e. The molecule has 1 saturated heterocycles. The number of amides is 5. The van der Waals surface area contributed by atoms with Crippen molar-refractivity contribution in [2.45, 2.75) is 97.8 Å². The molecule has 0 aromatic heterocycles. The lowest BCUT2D eigenvalue weighted by molar-refractivity contribution is -0.143. The van der Waals surface area contributed by atoms with Gasteiger partial charge >= 0.3 is 6.03 Å². The number of Topliss-reactive ketones (excluding diaryl/α,β-unsaturated/α-hetero) is 2. The molecule has 4 atom stereocenters. The third-order valence-corrected chi connectivity index (χ3v) is 6.76. The van der Waals surface area contributed by atoms with E-state index in [0.717, 1.165) is 12.8 Å². The number of urea groups is 1. The number of carbonyl (C=O) groups excluding carboxylic acids is 6. The molecule has 0 aromatic carbocycles. The number of hydrogen-bond donors (Lipinski definition) is 4. The minimum Gasteiger partial charge on any atom is -0.363 e. The van der Waals surface area contributed by atoms with Gasteiger partial charge < -0.3 is 26.6 Å². The number of carbonyl (C=O) groups is 6. The molecule has 0 radical (unpaired) electrons. The van der Waals surface area contributed by atoms with Gasteiger partial charge in [0.25, 0.3) is 5.91 Å². The molecule has 11 nitrogen and oxygen atoms in total. The van der Waals surface area contributed by atoms with E-state index in [2.05, 4.69) is 16.0 Å². The molecule has 3 unspecified atom stereocenters. The molecule has 11 heteroatoms. The summed E-state index contributed by atoms with van der Waals surface area (Å²) in [4.78, 5) is 76.5. The molecule has 2 aliphatic rings. The predicted molar refractivity (Wildman–Crippen MR) is 132 cm³/mol. The average molecular weight is 508 g/mol. The zero-order valence-electron chi connectivity index (χ0n) is 22.2. The molecule has 0 spiro atoms. The summed E-state index contributed by atoms with van der Waals surface area (Å²) in [5, 5.41) is 7.99. The second-order valence-corrected chi connectivity index (χ2v) is 11.4. The Bertz CT molecular complexity index is 892. The highest BCUT2D eigenvalue weighted by Gasteiger charge is 2.43. The standard InChI is InChI=1S/C25H41N5O6/c1-13(2)18(14(3)31)28-24(36)29-20(25(4,5)6)23(35)30-11-7-8-17(30)22(34)27-16(12-15-9-10-15)19(32)21(26)33/h13,15-18,20H,7-12H2,1-6H3,(H2,26,33)(H,27,34)(H2,28,29,36)/t16?,17-,18?,20?/m0/s1. The van der Waals surface area contributed by atoms with E-state index in [4.69, 9.17) is 5.73 Å². The van der Waals surface area contributed by atoms with Crippen molar-refractivity contribution in [3.8, 4) is 0 Å². The van der Waals surface area contributed by atoms with Crippen molar-refractivity contribution in [1.29, 1.82) is 0 Å². The highest BCUT2D eigenvalue weighted by atomic mass is 16.2. The minimum absolute atomic E-state index is 0.129. The first-order valence-electron chi connectivity index (χ1n) is 12.7. The van der Waals surface area contributed by atoms with Crippen LogP contribution in [-0.4, -0.2) is 70.9 Å². The van der Waals surface area contributed by atoms with E-state index in [1.54, 1.807) is 20.8 Å². The topological polar surface area (TPSA) is 168 Å². The largest absolute Gasteiger partial charge is 0.363 e. The lowest BCUT2D eigenvalue weighted by Crippen LogP contribution is -2.61. The first kappa shape index (κ1) is 29.3. The Hall–Kier alpha value is -2.98. The van der Waals surface area contributed by atoms with E-state index in [1.807, 2.05) is 13.8 Å². The van der Waals surface area contributed by atoms with Gasteiger partial charge in [0.05, 0.1) is 12.1 Å². The van der Waals surface area contributed by atoms with Crippen LogP contribution in [-0.2, 0) is 24.0 Å². The van der Waals surface area contributed by atoms with Gasteiger partial charge in [0.1, 0.15) is 12.1 Å². The zero-order chi connectivity index (χ0) is 27.4. The van der Waals surface area contributed by atoms with Crippen molar-refractivity contribution in [2.24, 2.45) is 23.0 Å². The number of nitrogens with zero attached hydrogens (tertiary/aromatic N) is 1. The third kappa shape index (κ3) is 7.76. The van der Waals surface area contributed by atoms with Crippen molar-refractivity contribution >= 4 is 35.3 Å². The predicted octanol–water partition coefficient (Wildman–Crippen LogP) is 0.644. The van der Waals surface area contributed by atoms with Gasteiger partial charge in [0, 0.05) is 6.54 Å². The summed E-state index contributed by atoms with van der Waals surface area (Å²) in [6, 6.07) is -4.16. The number of ketones is 2. The summed E-state index contributed by atoms with van der Waals surface area (Å²) in [6.07, 6.45) is 3.15. The molecular formula is C25H41N5O6. The van der Waals surface area contributed by atoms with Crippen LogP contribution in [0.5, 0.6) is 0 Å². The summed E-state index contributed by atoms with van der Waals surface area (Å²) in [7, 11) is 0. The van der Waals surface area contributed by atoms with Crippen LogP contribution >= 0.6 is 0 Å². The fourth-order valence-corrected chi connectivity index (χ4v) is 4.53. The van der Waals surface area contributed by atoms with Crippen molar-refractivity contribution in [3.63, 3.8) is 0 Å². The molecule has 0 bridgehead atoms. The van der Waals surface area contributed by atoms with E-state index in [0.29, 0.717) is 25.8 Å². The molecule has 202 valence electrons. The van der Waals surface area contributed by atoms with Gasteiger partial charge in [-0.2, -0.15) is 0 Å². The minimum atomic E-state index is -1.10. The van der Waals surface area contributed by atoms with Crippen LogP contribution in [0.3, 0.4) is 0 Å². The SMILES string of the molecule is CC(=O)C(NC(=O)NC(C(=O)N1CCC[C@H]1C(=O)NC(CC1CC1)C(=O)C(N)=O)C(C)(C)C)C(C)C. The third-order valence-electron chi connectivity index (χ3n) is 6.76. The first-order chi connectivity index (χ1) is 16.6. The second-order valence-electron chi connectivity index (χ2n) is 11.4. The summed E-state index contributed by atoms with van der Waals surface area (Å²) >= 11 is 0. The quantitative estimate of drug-likeness (QED) is 0.299. The molecule has 1 aliphatic heterocycles. The van der Waals surface area contributed by atoms with Crippen LogP contribution in [0.1, 0.15) is 73.6 Å². The highest BCUT2D eigenvalue weighted by molar-refractivity contribution is 6.37. The fraction of sp³-hybridized carbons (Fsp3) is 0.760. The van der Waals surface area contributed by atoms with Crippen LogP contribution in [0, 0.1) is 17.3 Å². The lowest BCUT2D eigenvalue weighted by atomic mass is 9.85. The van der Waals surface area contributed by atoms with Gasteiger partial charge in [0.15, 0.2) is 5.78 Å². The summed E-state index contributed by atoms with van der Waals surface area (Å²) in [5.74, 6) is -2.96. The van der Waals surface area contributed by atoms with Crippen LogP contribution in [0.4, 0.5) is 4.79 Å². The number of nitrogens with one attached hydrogen (secondary N) is 3. The van der Waals surface area contributed by atoms with E-state index in [1.165, 1.54) is 11.8 Å². The molecule has 36 heavy (non-hydrogen) atoms. The Labute approximate surface area is 212 Å². The normalized spacial score (nSPS) is 20.3. The van der Waals surface area contributed by atoms with Gasteiger partial charge in [-0.15, -0.1) is 0 Å². The maximum absolute atomic E-state index is 13.6. The Kier molecular flexibility index (Phi) is 9.62. The molecule has 2 rings (SSSR count). The van der Waals surface area contributed by atoms with Crippen molar-refractivity contribution in [3.05, 3.63) is 0 Å². The van der Waals surface area contributed by atoms with Gasteiger partial charge in [-0.05, 0) is 43.4 Å². The number of likely N-dealkylation sites (tertiary alicyclic amines) is 1. The zero-order valence-corrected chi connectivity index (χ0v) is 22.2. The van der Waals surface area contributed by atoms with Crippen LogP contribution in [0.25, 0.3) is 0 Å². The first-order valence-corrected chi connectivity index (χ1v) is 12.7. The van der Waals surface area contributed by atoms with Gasteiger partial charge in [0.2, 0.25) is 17.6 Å². The van der Waals surface area contributed by atoms with Crippen LogP contribution < -0.4 is 21.7 Å². The molecule has 1 aliphatic carbocycles. The Morgan fingerprint density at radius 2 is 1.58 bits per heavy atom.